The van der Waals surface area contributed by atoms with Crippen LogP contribution < -0.4 is 10.9 Å². The van der Waals surface area contributed by atoms with Crippen molar-refractivity contribution in [1.82, 2.24) is 19.3 Å². The Hall–Kier alpha value is -2.96. The van der Waals surface area contributed by atoms with E-state index < -0.39 is 0 Å². The molecule has 0 atom stereocenters. The molecular formula is C17H17N5O2. The molecule has 2 aromatic heterocycles. The van der Waals surface area contributed by atoms with Crippen molar-refractivity contribution >= 4 is 22.6 Å². The van der Waals surface area contributed by atoms with Gasteiger partial charge in [0.05, 0.1) is 6.20 Å². The maximum Gasteiger partial charge on any atom is 0.264 e. The number of nitrogens with one attached hydrogen (secondary N) is 1. The lowest BCUT2D eigenvalue weighted by Crippen LogP contribution is -2.27. The molecule has 122 valence electrons. The third-order valence-electron chi connectivity index (χ3n) is 4.41. The second kappa shape index (κ2) is 5.59. The molecule has 0 saturated carbocycles. The van der Waals surface area contributed by atoms with Crippen molar-refractivity contribution in [2.45, 2.75) is 25.8 Å². The molecule has 0 spiro atoms. The van der Waals surface area contributed by atoms with Crippen molar-refractivity contribution in [3.63, 3.8) is 0 Å². The van der Waals surface area contributed by atoms with Gasteiger partial charge in [-0.05, 0) is 42.5 Å². The van der Waals surface area contributed by atoms with Crippen LogP contribution in [0.1, 0.15) is 17.5 Å². The Morgan fingerprint density at radius 3 is 3.00 bits per heavy atom. The fourth-order valence-corrected chi connectivity index (χ4v) is 3.18. The molecule has 0 fully saturated rings. The van der Waals surface area contributed by atoms with E-state index in [-0.39, 0.29) is 18.0 Å². The number of anilines is 1. The SMILES string of the molecule is Cn1ncc2c(=O)n(CC(=O)Nc3ccc4c(c3)CCC4)cnc21. The highest BCUT2D eigenvalue weighted by atomic mass is 16.2. The number of hydrogen-bond donors (Lipinski definition) is 1. The first-order chi connectivity index (χ1) is 11.6. The van der Waals surface area contributed by atoms with Crippen molar-refractivity contribution in [2.24, 2.45) is 7.05 Å². The van der Waals surface area contributed by atoms with Gasteiger partial charge in [-0.25, -0.2) is 4.98 Å². The largest absolute Gasteiger partial charge is 0.325 e. The van der Waals surface area contributed by atoms with Crippen LogP contribution >= 0.6 is 0 Å². The standard InChI is InChI=1S/C17H17N5O2/c1-21-16-14(8-19-21)17(24)22(10-18-16)9-15(23)20-13-6-5-11-3-2-4-12(11)7-13/h5-8,10H,2-4,9H2,1H3,(H,20,23). The van der Waals surface area contributed by atoms with Crippen molar-refractivity contribution in [2.75, 3.05) is 5.32 Å². The number of aromatic nitrogens is 4. The number of hydrogen-bond acceptors (Lipinski definition) is 4. The highest BCUT2D eigenvalue weighted by Crippen LogP contribution is 2.24. The summed E-state index contributed by atoms with van der Waals surface area (Å²) in [5, 5.41) is 7.28. The zero-order valence-corrected chi connectivity index (χ0v) is 13.3. The van der Waals surface area contributed by atoms with Gasteiger partial charge in [-0.3, -0.25) is 18.8 Å². The molecule has 0 saturated heterocycles. The monoisotopic (exact) mass is 323 g/mol. The predicted octanol–water partition coefficient (Wildman–Crippen LogP) is 1.26. The Kier molecular flexibility index (Phi) is 3.41. The van der Waals surface area contributed by atoms with E-state index in [1.54, 1.807) is 7.05 Å². The highest BCUT2D eigenvalue weighted by molar-refractivity contribution is 5.90. The first-order valence-corrected chi connectivity index (χ1v) is 7.90. The lowest BCUT2D eigenvalue weighted by molar-refractivity contribution is -0.116. The molecule has 4 rings (SSSR count). The fraction of sp³-hybridized carbons (Fsp3) is 0.294. The van der Waals surface area contributed by atoms with Crippen LogP contribution in [-0.4, -0.2) is 25.2 Å². The lowest BCUT2D eigenvalue weighted by Gasteiger charge is -2.09. The minimum atomic E-state index is -0.266. The predicted molar refractivity (Wildman–Crippen MR) is 89.9 cm³/mol. The molecular weight excluding hydrogens is 306 g/mol. The average molecular weight is 323 g/mol. The van der Waals surface area contributed by atoms with Crippen LogP contribution in [0.5, 0.6) is 0 Å². The topological polar surface area (TPSA) is 81.8 Å². The second-order valence-electron chi connectivity index (χ2n) is 6.07. The molecule has 0 unspecified atom stereocenters. The highest BCUT2D eigenvalue weighted by Gasteiger charge is 2.13. The van der Waals surface area contributed by atoms with Crippen LogP contribution in [0.3, 0.4) is 0 Å². The number of benzene rings is 1. The van der Waals surface area contributed by atoms with E-state index in [0.29, 0.717) is 11.0 Å². The Labute approximate surface area is 137 Å². The van der Waals surface area contributed by atoms with Crippen LogP contribution in [0, 0.1) is 0 Å². The number of carbonyl (C=O) groups is 1. The summed E-state index contributed by atoms with van der Waals surface area (Å²) in [4.78, 5) is 28.8. The quantitative estimate of drug-likeness (QED) is 0.787. The molecule has 2 heterocycles. The van der Waals surface area contributed by atoms with Gasteiger partial charge in [0, 0.05) is 12.7 Å². The van der Waals surface area contributed by atoms with Crippen LogP contribution in [0.25, 0.3) is 11.0 Å². The zero-order chi connectivity index (χ0) is 16.7. The number of amides is 1. The van der Waals surface area contributed by atoms with E-state index in [1.165, 1.54) is 39.3 Å². The molecule has 24 heavy (non-hydrogen) atoms. The third-order valence-corrected chi connectivity index (χ3v) is 4.41. The minimum Gasteiger partial charge on any atom is -0.325 e. The summed E-state index contributed by atoms with van der Waals surface area (Å²) in [6, 6.07) is 5.99. The lowest BCUT2D eigenvalue weighted by atomic mass is 10.1. The van der Waals surface area contributed by atoms with Crippen LogP contribution in [0.15, 0.2) is 35.5 Å². The van der Waals surface area contributed by atoms with E-state index in [0.717, 1.165) is 18.5 Å². The van der Waals surface area contributed by atoms with Gasteiger partial charge in [0.25, 0.3) is 5.56 Å². The molecule has 0 aliphatic heterocycles. The summed E-state index contributed by atoms with van der Waals surface area (Å²) in [7, 11) is 1.72. The van der Waals surface area contributed by atoms with E-state index in [2.05, 4.69) is 21.5 Å². The first-order valence-electron chi connectivity index (χ1n) is 7.90. The summed E-state index contributed by atoms with van der Waals surface area (Å²) in [5.74, 6) is -0.250. The van der Waals surface area contributed by atoms with E-state index >= 15 is 0 Å². The molecule has 1 amide bonds. The van der Waals surface area contributed by atoms with Gasteiger partial charge in [0.1, 0.15) is 18.3 Å². The van der Waals surface area contributed by atoms with Crippen LogP contribution in [-0.2, 0) is 31.2 Å². The van der Waals surface area contributed by atoms with Gasteiger partial charge in [-0.2, -0.15) is 5.10 Å². The van der Waals surface area contributed by atoms with Crippen molar-refractivity contribution in [3.8, 4) is 0 Å². The van der Waals surface area contributed by atoms with Crippen molar-refractivity contribution in [3.05, 3.63) is 52.2 Å². The van der Waals surface area contributed by atoms with Gasteiger partial charge in [0.15, 0.2) is 5.65 Å². The molecule has 1 N–H and O–H groups in total. The number of aryl methyl sites for hydroxylation is 3. The Balaban J connectivity index is 1.54. The van der Waals surface area contributed by atoms with E-state index in [1.807, 2.05) is 12.1 Å². The van der Waals surface area contributed by atoms with Gasteiger partial charge in [-0.1, -0.05) is 6.07 Å². The van der Waals surface area contributed by atoms with E-state index in [9.17, 15) is 9.59 Å². The maximum absolute atomic E-state index is 12.4. The Morgan fingerprint density at radius 1 is 1.29 bits per heavy atom. The maximum atomic E-state index is 12.4. The number of rotatable bonds is 3. The summed E-state index contributed by atoms with van der Waals surface area (Å²) >= 11 is 0. The van der Waals surface area contributed by atoms with Gasteiger partial charge in [0.2, 0.25) is 5.91 Å². The smallest absolute Gasteiger partial charge is 0.264 e. The number of fused-ring (bicyclic) bond motifs is 2. The molecule has 0 bridgehead atoms. The number of nitrogens with zero attached hydrogens (tertiary/aromatic N) is 4. The van der Waals surface area contributed by atoms with Gasteiger partial charge < -0.3 is 5.32 Å². The molecule has 7 heteroatoms. The summed E-state index contributed by atoms with van der Waals surface area (Å²) in [6.45, 7) is -0.0756. The fourth-order valence-electron chi connectivity index (χ4n) is 3.18. The summed E-state index contributed by atoms with van der Waals surface area (Å²) in [5.41, 5.74) is 3.66. The normalized spacial score (nSPS) is 13.2. The van der Waals surface area contributed by atoms with Crippen LogP contribution in [0.2, 0.25) is 0 Å². The summed E-state index contributed by atoms with van der Waals surface area (Å²) < 4.78 is 2.83. The molecule has 7 nitrogen and oxygen atoms in total. The Morgan fingerprint density at radius 2 is 2.12 bits per heavy atom. The second-order valence-corrected chi connectivity index (χ2v) is 6.07. The first kappa shape index (κ1) is 14.6. The molecule has 1 aromatic carbocycles. The van der Waals surface area contributed by atoms with Crippen molar-refractivity contribution in [1.29, 1.82) is 0 Å². The molecule has 0 radical (unpaired) electrons. The van der Waals surface area contributed by atoms with E-state index in [4.69, 9.17) is 0 Å². The minimum absolute atomic E-state index is 0.0756. The Bertz CT molecular complexity index is 1000. The molecule has 1 aliphatic carbocycles. The van der Waals surface area contributed by atoms with Crippen LogP contribution in [0.4, 0.5) is 5.69 Å². The average Bonchev–Trinajstić information content (AvgIpc) is 3.17. The van der Waals surface area contributed by atoms with Gasteiger partial charge >= 0.3 is 0 Å². The zero-order valence-electron chi connectivity index (χ0n) is 13.3. The molecule has 3 aromatic rings. The number of carbonyl (C=O) groups excluding carboxylic acids is 1. The van der Waals surface area contributed by atoms with Crippen molar-refractivity contribution < 1.29 is 4.79 Å². The van der Waals surface area contributed by atoms with Gasteiger partial charge in [-0.15, -0.1) is 0 Å². The summed E-state index contributed by atoms with van der Waals surface area (Å²) in [6.07, 6.45) is 6.18. The molecule has 1 aliphatic rings. The third kappa shape index (κ3) is 2.47.